The van der Waals surface area contributed by atoms with Crippen LogP contribution in [0.15, 0.2) is 0 Å². The number of amides is 2. The minimum absolute atomic E-state index is 0.0403. The first-order chi connectivity index (χ1) is 9.15. The van der Waals surface area contributed by atoms with Crippen LogP contribution in [0.1, 0.15) is 46.0 Å². The molecule has 1 unspecified atom stereocenters. The lowest BCUT2D eigenvalue weighted by Gasteiger charge is -2.28. The second-order valence-corrected chi connectivity index (χ2v) is 6.80. The molecule has 3 N–H and O–H groups in total. The molecule has 0 aromatic carbocycles. The van der Waals surface area contributed by atoms with Crippen molar-refractivity contribution in [2.24, 2.45) is 5.92 Å². The molecule has 1 atom stereocenters. The number of aliphatic hydroxyl groups excluding tert-OH is 1. The summed E-state index contributed by atoms with van der Waals surface area (Å²) in [6.45, 7) is 4.49. The molecule has 0 bridgehead atoms. The Bertz CT molecular complexity index is 256. The first-order valence-electron chi connectivity index (χ1n) is 7.41. The van der Waals surface area contributed by atoms with Crippen LogP contribution in [0.25, 0.3) is 0 Å². The summed E-state index contributed by atoms with van der Waals surface area (Å²) in [7, 11) is 0. The van der Waals surface area contributed by atoms with Crippen molar-refractivity contribution < 1.29 is 9.90 Å². The van der Waals surface area contributed by atoms with E-state index in [9.17, 15) is 4.79 Å². The van der Waals surface area contributed by atoms with Crippen molar-refractivity contribution >= 4 is 17.8 Å². The average molecular weight is 288 g/mol. The zero-order valence-electron chi connectivity index (χ0n) is 12.2. The third kappa shape index (κ3) is 7.06. The SMILES string of the molecule is CCSCCC(C)NC(=O)NC1CCC(CO)CC1. The molecule has 0 saturated heterocycles. The zero-order valence-corrected chi connectivity index (χ0v) is 13.0. The lowest BCUT2D eigenvalue weighted by Crippen LogP contribution is -2.46. The van der Waals surface area contributed by atoms with Gasteiger partial charge in [-0.25, -0.2) is 4.79 Å². The Labute approximate surface area is 121 Å². The highest BCUT2D eigenvalue weighted by atomic mass is 32.2. The topological polar surface area (TPSA) is 61.4 Å². The molecule has 0 aromatic heterocycles. The van der Waals surface area contributed by atoms with Crippen molar-refractivity contribution in [1.82, 2.24) is 10.6 Å². The fraction of sp³-hybridized carbons (Fsp3) is 0.929. The van der Waals surface area contributed by atoms with Crippen LogP contribution in [-0.4, -0.2) is 41.3 Å². The van der Waals surface area contributed by atoms with Crippen LogP contribution in [0.3, 0.4) is 0 Å². The van der Waals surface area contributed by atoms with E-state index < -0.39 is 0 Å². The Morgan fingerprint density at radius 1 is 1.37 bits per heavy atom. The Morgan fingerprint density at radius 3 is 2.63 bits per heavy atom. The molecule has 1 fully saturated rings. The quantitative estimate of drug-likeness (QED) is 0.630. The number of hydrogen-bond acceptors (Lipinski definition) is 3. The first-order valence-corrected chi connectivity index (χ1v) is 8.56. The third-order valence-electron chi connectivity index (χ3n) is 3.72. The van der Waals surface area contributed by atoms with Gasteiger partial charge in [0, 0.05) is 18.7 Å². The molecule has 0 aliphatic heterocycles. The predicted molar refractivity (Wildman–Crippen MR) is 81.6 cm³/mol. The molecule has 1 rings (SSSR count). The number of aliphatic hydroxyl groups is 1. The largest absolute Gasteiger partial charge is 0.396 e. The summed E-state index contributed by atoms with van der Waals surface area (Å²) in [6.07, 6.45) is 5.02. The van der Waals surface area contributed by atoms with E-state index in [-0.39, 0.29) is 24.7 Å². The maximum atomic E-state index is 11.8. The molecule has 1 saturated carbocycles. The van der Waals surface area contributed by atoms with Gasteiger partial charge in [-0.3, -0.25) is 0 Å². The monoisotopic (exact) mass is 288 g/mol. The van der Waals surface area contributed by atoms with Crippen molar-refractivity contribution in [3.63, 3.8) is 0 Å². The van der Waals surface area contributed by atoms with E-state index >= 15 is 0 Å². The molecular weight excluding hydrogens is 260 g/mol. The average Bonchev–Trinajstić information content (AvgIpc) is 2.39. The van der Waals surface area contributed by atoms with Crippen LogP contribution >= 0.6 is 11.8 Å². The summed E-state index contributed by atoms with van der Waals surface area (Å²) >= 11 is 1.91. The van der Waals surface area contributed by atoms with Gasteiger partial charge in [-0.05, 0) is 56.5 Å². The second-order valence-electron chi connectivity index (χ2n) is 5.40. The minimum atomic E-state index is -0.0403. The van der Waals surface area contributed by atoms with Gasteiger partial charge in [0.15, 0.2) is 0 Å². The lowest BCUT2D eigenvalue weighted by atomic mass is 9.87. The van der Waals surface area contributed by atoms with Crippen LogP contribution in [0.2, 0.25) is 0 Å². The maximum Gasteiger partial charge on any atom is 0.315 e. The van der Waals surface area contributed by atoms with E-state index in [1.807, 2.05) is 11.8 Å². The highest BCUT2D eigenvalue weighted by Gasteiger charge is 2.22. The van der Waals surface area contributed by atoms with E-state index in [4.69, 9.17) is 5.11 Å². The van der Waals surface area contributed by atoms with Crippen molar-refractivity contribution in [2.75, 3.05) is 18.1 Å². The van der Waals surface area contributed by atoms with Gasteiger partial charge in [0.2, 0.25) is 0 Å². The van der Waals surface area contributed by atoms with Gasteiger partial charge in [-0.2, -0.15) is 11.8 Å². The first kappa shape index (κ1) is 16.6. The van der Waals surface area contributed by atoms with E-state index in [0.29, 0.717) is 5.92 Å². The second kappa shape index (κ2) is 9.48. The Balaban J connectivity index is 2.13. The van der Waals surface area contributed by atoms with Gasteiger partial charge < -0.3 is 15.7 Å². The number of rotatable bonds is 7. The maximum absolute atomic E-state index is 11.8. The zero-order chi connectivity index (χ0) is 14.1. The third-order valence-corrected chi connectivity index (χ3v) is 4.65. The molecule has 0 aromatic rings. The molecule has 0 radical (unpaired) electrons. The number of carbonyl (C=O) groups is 1. The number of carbonyl (C=O) groups excluding carboxylic acids is 1. The normalized spacial score (nSPS) is 24.8. The van der Waals surface area contributed by atoms with Crippen LogP contribution in [0, 0.1) is 5.92 Å². The fourth-order valence-corrected chi connectivity index (χ4v) is 3.23. The molecule has 19 heavy (non-hydrogen) atoms. The fourth-order valence-electron chi connectivity index (χ4n) is 2.42. The van der Waals surface area contributed by atoms with Gasteiger partial charge >= 0.3 is 6.03 Å². The molecule has 2 amide bonds. The van der Waals surface area contributed by atoms with Crippen LogP contribution in [0.5, 0.6) is 0 Å². The molecule has 0 heterocycles. The lowest BCUT2D eigenvalue weighted by molar-refractivity contribution is 0.174. The van der Waals surface area contributed by atoms with Crippen LogP contribution in [-0.2, 0) is 0 Å². The van der Waals surface area contributed by atoms with E-state index in [1.165, 1.54) is 0 Å². The number of thioether (sulfide) groups is 1. The summed E-state index contributed by atoms with van der Waals surface area (Å²) in [4.78, 5) is 11.8. The number of nitrogens with one attached hydrogen (secondary N) is 2. The summed E-state index contributed by atoms with van der Waals surface area (Å²) in [6, 6.07) is 0.467. The van der Waals surface area contributed by atoms with E-state index in [1.54, 1.807) is 0 Å². The highest BCUT2D eigenvalue weighted by molar-refractivity contribution is 7.99. The van der Waals surface area contributed by atoms with Gasteiger partial charge in [0.25, 0.3) is 0 Å². The number of hydrogen-bond donors (Lipinski definition) is 3. The molecule has 1 aliphatic rings. The standard InChI is InChI=1S/C14H28N2O2S/c1-3-19-9-8-11(2)15-14(18)16-13-6-4-12(10-17)5-7-13/h11-13,17H,3-10H2,1-2H3,(H2,15,16,18). The Morgan fingerprint density at radius 2 is 2.05 bits per heavy atom. The summed E-state index contributed by atoms with van der Waals surface area (Å²) in [5.74, 6) is 2.66. The van der Waals surface area contributed by atoms with Gasteiger partial charge in [0.1, 0.15) is 0 Å². The Hall–Kier alpha value is -0.420. The molecule has 5 heteroatoms. The summed E-state index contributed by atoms with van der Waals surface area (Å²) < 4.78 is 0. The molecular formula is C14H28N2O2S. The smallest absolute Gasteiger partial charge is 0.315 e. The van der Waals surface area contributed by atoms with E-state index in [0.717, 1.165) is 43.6 Å². The molecule has 112 valence electrons. The van der Waals surface area contributed by atoms with Crippen LogP contribution in [0.4, 0.5) is 4.79 Å². The van der Waals surface area contributed by atoms with Crippen molar-refractivity contribution in [3.05, 3.63) is 0 Å². The summed E-state index contributed by atoms with van der Waals surface area (Å²) in [5, 5.41) is 15.1. The molecule has 0 spiro atoms. The van der Waals surface area contributed by atoms with Gasteiger partial charge in [-0.15, -0.1) is 0 Å². The van der Waals surface area contributed by atoms with Gasteiger partial charge in [0.05, 0.1) is 0 Å². The Kier molecular flexibility index (Phi) is 8.30. The molecule has 1 aliphatic carbocycles. The van der Waals surface area contributed by atoms with Crippen molar-refractivity contribution in [3.8, 4) is 0 Å². The minimum Gasteiger partial charge on any atom is -0.396 e. The van der Waals surface area contributed by atoms with Crippen molar-refractivity contribution in [1.29, 1.82) is 0 Å². The summed E-state index contributed by atoms with van der Waals surface area (Å²) in [5.41, 5.74) is 0. The van der Waals surface area contributed by atoms with E-state index in [2.05, 4.69) is 24.5 Å². The highest BCUT2D eigenvalue weighted by Crippen LogP contribution is 2.23. The molecule has 4 nitrogen and oxygen atoms in total. The predicted octanol–water partition coefficient (Wildman–Crippen LogP) is 2.37. The van der Waals surface area contributed by atoms with Crippen molar-refractivity contribution in [2.45, 2.75) is 58.0 Å². The van der Waals surface area contributed by atoms with Gasteiger partial charge in [-0.1, -0.05) is 6.92 Å². The number of urea groups is 1. The van der Waals surface area contributed by atoms with Crippen LogP contribution < -0.4 is 10.6 Å².